The normalized spacial score (nSPS) is 9.73. The summed E-state index contributed by atoms with van der Waals surface area (Å²) in [5, 5.41) is 0. The van der Waals surface area contributed by atoms with Gasteiger partial charge in [0.25, 0.3) is 0 Å². The van der Waals surface area contributed by atoms with Crippen LogP contribution in [0.5, 0.6) is 0 Å². The van der Waals surface area contributed by atoms with Crippen molar-refractivity contribution in [3.63, 3.8) is 0 Å². The quantitative estimate of drug-likeness (QED) is 0.578. The zero-order chi connectivity index (χ0) is 8.27. The molecule has 0 bridgehead atoms. The minimum Gasteiger partial charge on any atom is -0.261 e. The van der Waals surface area contributed by atoms with Gasteiger partial charge in [-0.3, -0.25) is 4.84 Å². The predicted octanol–water partition coefficient (Wildman–Crippen LogP) is 2.97. The lowest BCUT2D eigenvalue weighted by molar-refractivity contribution is 0.220. The molecule has 0 aliphatic rings. The molecule has 1 rings (SSSR count). The average Bonchev–Trinajstić information content (AvgIpc) is 2.04. The summed E-state index contributed by atoms with van der Waals surface area (Å²) in [5.41, 5.74) is 0.789. The van der Waals surface area contributed by atoms with Crippen LogP contribution in [0.3, 0.4) is 0 Å². The molecule has 0 spiro atoms. The van der Waals surface area contributed by atoms with E-state index in [-0.39, 0.29) is 0 Å². The van der Waals surface area contributed by atoms with Crippen molar-refractivity contribution in [2.45, 2.75) is 0 Å². The monoisotopic (exact) mass is 235 g/mol. The fourth-order valence-corrected chi connectivity index (χ4v) is 1.39. The van der Waals surface area contributed by atoms with Gasteiger partial charge in [-0.05, 0) is 28.1 Å². The first-order valence-corrected chi connectivity index (χ1v) is 4.13. The largest absolute Gasteiger partial charge is 0.261 e. The fraction of sp³-hybridized carbons (Fsp3) is 0.143. The molecule has 0 atom stereocenters. The molecule has 0 amide bonds. The lowest BCUT2D eigenvalue weighted by Crippen LogP contribution is -2.07. The molecule has 0 aliphatic carbocycles. The van der Waals surface area contributed by atoms with Crippen LogP contribution in [0.2, 0.25) is 0 Å². The predicted molar refractivity (Wildman–Crippen MR) is 49.5 cm³/mol. The number of benzene rings is 1. The highest BCUT2D eigenvalue weighted by atomic mass is 79.9. The molecule has 0 saturated carbocycles. The molecule has 0 aliphatic heterocycles. The van der Waals surface area contributed by atoms with Crippen LogP contribution in [0.4, 0.5) is 5.69 Å². The number of anilines is 1. The van der Waals surface area contributed by atoms with Crippen molar-refractivity contribution in [3.8, 4) is 0 Å². The number of halogens is 2. The first kappa shape index (κ1) is 8.84. The van der Waals surface area contributed by atoms with Gasteiger partial charge in [-0.15, -0.1) is 0 Å². The topological polar surface area (TPSA) is 12.5 Å². The second-order valence-corrected chi connectivity index (χ2v) is 3.04. The molecule has 1 aromatic rings. The maximum Gasteiger partial charge on any atom is 0.0968 e. The Hall–Kier alpha value is -0.250. The Bertz CT molecular complexity index is 244. The van der Waals surface area contributed by atoms with Crippen LogP contribution in [0.15, 0.2) is 28.7 Å². The molecule has 1 aromatic carbocycles. The van der Waals surface area contributed by atoms with E-state index in [4.69, 9.17) is 16.6 Å². The van der Waals surface area contributed by atoms with Crippen LogP contribution in [0.1, 0.15) is 0 Å². The van der Waals surface area contributed by atoms with Gasteiger partial charge in [0.2, 0.25) is 0 Å². The van der Waals surface area contributed by atoms with Crippen LogP contribution in [-0.4, -0.2) is 7.11 Å². The van der Waals surface area contributed by atoms with Gasteiger partial charge in [0, 0.05) is 16.2 Å². The van der Waals surface area contributed by atoms with Crippen LogP contribution >= 0.6 is 27.7 Å². The van der Waals surface area contributed by atoms with E-state index in [1.807, 2.05) is 24.3 Å². The van der Waals surface area contributed by atoms with Crippen LogP contribution in [0, 0.1) is 0 Å². The first-order valence-electron chi connectivity index (χ1n) is 3.00. The minimum absolute atomic E-state index is 0.789. The standard InChI is InChI=1S/C7H7BrClNO/c1-11-10(9)7-5-3-2-4-6(7)8/h2-5H,1H3. The summed E-state index contributed by atoms with van der Waals surface area (Å²) < 4.78 is 2.07. The summed E-state index contributed by atoms with van der Waals surface area (Å²) in [4.78, 5) is 4.79. The van der Waals surface area contributed by atoms with E-state index in [1.54, 1.807) is 0 Å². The third kappa shape index (κ3) is 2.09. The Labute approximate surface area is 78.9 Å². The Balaban J connectivity index is 2.93. The van der Waals surface area contributed by atoms with Gasteiger partial charge in [-0.2, -0.15) is 4.58 Å². The summed E-state index contributed by atoms with van der Waals surface area (Å²) in [6.45, 7) is 0. The van der Waals surface area contributed by atoms with E-state index in [2.05, 4.69) is 15.9 Å². The number of hydrogen-bond donors (Lipinski definition) is 0. The number of rotatable bonds is 2. The molecule has 60 valence electrons. The minimum atomic E-state index is 0.789. The van der Waals surface area contributed by atoms with E-state index in [1.165, 1.54) is 11.7 Å². The number of hydrogen-bond acceptors (Lipinski definition) is 2. The van der Waals surface area contributed by atoms with Gasteiger partial charge in [0.1, 0.15) is 0 Å². The summed E-state index contributed by atoms with van der Waals surface area (Å²) >= 11 is 9.01. The van der Waals surface area contributed by atoms with Gasteiger partial charge in [0.15, 0.2) is 0 Å². The SMILES string of the molecule is CON(Cl)c1ccccc1Br. The average molecular weight is 236 g/mol. The molecule has 0 fully saturated rings. The van der Waals surface area contributed by atoms with Crippen molar-refractivity contribution < 1.29 is 4.84 Å². The van der Waals surface area contributed by atoms with Crippen molar-refractivity contribution in [1.29, 1.82) is 0 Å². The van der Waals surface area contributed by atoms with Gasteiger partial charge < -0.3 is 0 Å². The summed E-state index contributed by atoms with van der Waals surface area (Å²) in [6.07, 6.45) is 0. The second kappa shape index (κ2) is 3.95. The van der Waals surface area contributed by atoms with Crippen molar-refractivity contribution in [2.75, 3.05) is 11.7 Å². The summed E-state index contributed by atoms with van der Waals surface area (Å²) in [7, 11) is 1.51. The zero-order valence-corrected chi connectivity index (χ0v) is 8.26. The van der Waals surface area contributed by atoms with Crippen LogP contribution in [-0.2, 0) is 4.84 Å². The Morgan fingerprint density at radius 2 is 2.09 bits per heavy atom. The van der Waals surface area contributed by atoms with E-state index >= 15 is 0 Å². The Morgan fingerprint density at radius 3 is 2.64 bits per heavy atom. The van der Waals surface area contributed by atoms with E-state index in [9.17, 15) is 0 Å². The summed E-state index contributed by atoms with van der Waals surface area (Å²) in [5.74, 6) is 0. The van der Waals surface area contributed by atoms with Crippen molar-refractivity contribution in [1.82, 2.24) is 0 Å². The first-order chi connectivity index (χ1) is 5.25. The van der Waals surface area contributed by atoms with E-state index in [0.717, 1.165) is 10.2 Å². The van der Waals surface area contributed by atoms with Crippen molar-refractivity contribution in [3.05, 3.63) is 28.7 Å². The highest BCUT2D eigenvalue weighted by Crippen LogP contribution is 2.26. The van der Waals surface area contributed by atoms with Gasteiger partial charge >= 0.3 is 0 Å². The van der Waals surface area contributed by atoms with Gasteiger partial charge in [-0.25, -0.2) is 0 Å². The zero-order valence-electron chi connectivity index (χ0n) is 5.92. The van der Waals surface area contributed by atoms with E-state index in [0.29, 0.717) is 0 Å². The smallest absolute Gasteiger partial charge is 0.0968 e. The molecule has 0 unspecified atom stereocenters. The molecule has 4 heteroatoms. The van der Waals surface area contributed by atoms with Gasteiger partial charge in [-0.1, -0.05) is 12.1 Å². The number of nitrogens with zero attached hydrogens (tertiary/aromatic N) is 1. The summed E-state index contributed by atoms with van der Waals surface area (Å²) in [6, 6.07) is 7.53. The maximum absolute atomic E-state index is 5.68. The molecule has 0 heterocycles. The highest BCUT2D eigenvalue weighted by molar-refractivity contribution is 9.10. The van der Waals surface area contributed by atoms with Crippen LogP contribution in [0.25, 0.3) is 0 Å². The fourth-order valence-electron chi connectivity index (χ4n) is 0.693. The Kier molecular flexibility index (Phi) is 3.17. The molecule has 0 saturated heterocycles. The van der Waals surface area contributed by atoms with Crippen molar-refractivity contribution >= 4 is 33.4 Å². The number of para-hydroxylation sites is 1. The molecular formula is C7H7BrClNO. The third-order valence-corrected chi connectivity index (χ3v) is 2.19. The molecule has 2 nitrogen and oxygen atoms in total. The Morgan fingerprint density at radius 1 is 1.45 bits per heavy atom. The molecular weight excluding hydrogens is 229 g/mol. The molecule has 0 N–H and O–H groups in total. The third-order valence-electron chi connectivity index (χ3n) is 1.20. The lowest BCUT2D eigenvalue weighted by atomic mass is 10.3. The second-order valence-electron chi connectivity index (χ2n) is 1.88. The lowest BCUT2D eigenvalue weighted by Gasteiger charge is -2.12. The molecule has 11 heavy (non-hydrogen) atoms. The van der Waals surface area contributed by atoms with Crippen LogP contribution < -0.4 is 4.58 Å². The highest BCUT2D eigenvalue weighted by Gasteiger charge is 2.04. The van der Waals surface area contributed by atoms with E-state index < -0.39 is 0 Å². The molecule has 0 radical (unpaired) electrons. The van der Waals surface area contributed by atoms with Crippen molar-refractivity contribution in [2.24, 2.45) is 0 Å². The van der Waals surface area contributed by atoms with Gasteiger partial charge in [0.05, 0.1) is 12.8 Å². The molecule has 0 aromatic heterocycles. The maximum atomic E-state index is 5.68.